The molecule has 2 aliphatic rings. The van der Waals surface area contributed by atoms with E-state index < -0.39 is 0 Å². The van der Waals surface area contributed by atoms with Crippen LogP contribution in [0.25, 0.3) is 0 Å². The lowest BCUT2D eigenvalue weighted by atomic mass is 9.86. The van der Waals surface area contributed by atoms with Crippen LogP contribution in [-0.4, -0.2) is 25.4 Å². The first kappa shape index (κ1) is 5.69. The Morgan fingerprint density at radius 3 is 1.67 bits per heavy atom. The zero-order valence-corrected chi connectivity index (χ0v) is 5.89. The maximum atomic E-state index is 5.19. The molecule has 0 bridgehead atoms. The molecule has 2 atom stereocenters. The van der Waals surface area contributed by atoms with E-state index in [1.54, 1.807) is 0 Å². The number of rotatable bonds is 2. The fraction of sp³-hybridized carbons (Fsp3) is 1.00. The van der Waals surface area contributed by atoms with Crippen molar-refractivity contribution in [3.8, 4) is 0 Å². The zero-order chi connectivity index (χ0) is 6.48. The highest BCUT2D eigenvalue weighted by molar-refractivity contribution is 4.97. The molecule has 0 radical (unpaired) electrons. The lowest BCUT2D eigenvalue weighted by Crippen LogP contribution is -2.25. The van der Waals surface area contributed by atoms with Crippen molar-refractivity contribution in [1.82, 2.24) is 0 Å². The molecule has 52 valence electrons. The van der Waals surface area contributed by atoms with Gasteiger partial charge in [-0.1, -0.05) is 13.8 Å². The van der Waals surface area contributed by atoms with E-state index >= 15 is 0 Å². The molecule has 0 aromatic rings. The monoisotopic (exact) mass is 128 g/mol. The molecule has 0 aromatic carbocycles. The van der Waals surface area contributed by atoms with Crippen molar-refractivity contribution in [3.05, 3.63) is 0 Å². The van der Waals surface area contributed by atoms with Gasteiger partial charge in [0.25, 0.3) is 0 Å². The van der Waals surface area contributed by atoms with Crippen LogP contribution in [0, 0.1) is 5.41 Å². The van der Waals surface area contributed by atoms with Gasteiger partial charge in [0.1, 0.15) is 0 Å². The lowest BCUT2D eigenvalue weighted by Gasteiger charge is -2.18. The highest BCUT2D eigenvalue weighted by atomic mass is 16.6. The Labute approximate surface area is 55.1 Å². The fourth-order valence-electron chi connectivity index (χ4n) is 1.16. The quantitative estimate of drug-likeness (QED) is 0.514. The van der Waals surface area contributed by atoms with Gasteiger partial charge in [-0.15, -0.1) is 0 Å². The molecule has 0 aliphatic carbocycles. The van der Waals surface area contributed by atoms with E-state index in [4.69, 9.17) is 9.47 Å². The summed E-state index contributed by atoms with van der Waals surface area (Å²) in [5, 5.41) is 0. The first-order valence-corrected chi connectivity index (χ1v) is 3.44. The summed E-state index contributed by atoms with van der Waals surface area (Å²) in [5.74, 6) is 0. The molecule has 2 fully saturated rings. The SMILES string of the molecule is CC(C)(C1CO1)C1CO1. The van der Waals surface area contributed by atoms with Gasteiger partial charge in [-0.3, -0.25) is 0 Å². The molecule has 0 saturated carbocycles. The van der Waals surface area contributed by atoms with Gasteiger partial charge in [-0.05, 0) is 0 Å². The van der Waals surface area contributed by atoms with Gasteiger partial charge in [-0.2, -0.15) is 0 Å². The van der Waals surface area contributed by atoms with Gasteiger partial charge in [0.15, 0.2) is 0 Å². The summed E-state index contributed by atoms with van der Waals surface area (Å²) in [6.45, 7) is 6.30. The summed E-state index contributed by atoms with van der Waals surface area (Å²) in [7, 11) is 0. The Bertz CT molecular complexity index is 109. The second-order valence-corrected chi connectivity index (χ2v) is 3.47. The minimum Gasteiger partial charge on any atom is -0.372 e. The number of hydrogen-bond acceptors (Lipinski definition) is 2. The van der Waals surface area contributed by atoms with Gasteiger partial charge in [-0.25, -0.2) is 0 Å². The second kappa shape index (κ2) is 1.50. The molecule has 2 heterocycles. The predicted octanol–water partition coefficient (Wildman–Crippen LogP) is 0.810. The van der Waals surface area contributed by atoms with Crippen LogP contribution in [0.4, 0.5) is 0 Å². The minimum absolute atomic E-state index is 0.278. The van der Waals surface area contributed by atoms with Crippen LogP contribution in [-0.2, 0) is 9.47 Å². The van der Waals surface area contributed by atoms with E-state index in [2.05, 4.69) is 13.8 Å². The first-order chi connectivity index (χ1) is 4.21. The van der Waals surface area contributed by atoms with E-state index in [1.165, 1.54) is 0 Å². The van der Waals surface area contributed by atoms with Crippen molar-refractivity contribution in [2.75, 3.05) is 13.2 Å². The number of ether oxygens (including phenoxy) is 2. The topological polar surface area (TPSA) is 25.1 Å². The predicted molar refractivity (Wildman–Crippen MR) is 33.3 cm³/mol. The molecule has 2 nitrogen and oxygen atoms in total. The van der Waals surface area contributed by atoms with Crippen LogP contribution >= 0.6 is 0 Å². The largest absolute Gasteiger partial charge is 0.372 e. The molecular weight excluding hydrogens is 116 g/mol. The lowest BCUT2D eigenvalue weighted by molar-refractivity contribution is 0.181. The first-order valence-electron chi connectivity index (χ1n) is 3.44. The van der Waals surface area contributed by atoms with Crippen LogP contribution in [0.5, 0.6) is 0 Å². The molecule has 2 saturated heterocycles. The summed E-state index contributed by atoms with van der Waals surface area (Å²) in [6, 6.07) is 0. The number of hydrogen-bond donors (Lipinski definition) is 0. The van der Waals surface area contributed by atoms with Crippen LogP contribution in [0.3, 0.4) is 0 Å². The van der Waals surface area contributed by atoms with Crippen LogP contribution in [0.2, 0.25) is 0 Å². The second-order valence-electron chi connectivity index (χ2n) is 3.47. The maximum absolute atomic E-state index is 5.19. The maximum Gasteiger partial charge on any atom is 0.0886 e. The molecule has 2 unspecified atom stereocenters. The van der Waals surface area contributed by atoms with Crippen LogP contribution in [0.1, 0.15) is 13.8 Å². The third-order valence-corrected chi connectivity index (χ3v) is 2.33. The van der Waals surface area contributed by atoms with Crippen molar-refractivity contribution in [2.24, 2.45) is 5.41 Å². The van der Waals surface area contributed by atoms with E-state index in [0.717, 1.165) is 13.2 Å². The molecule has 2 rings (SSSR count). The van der Waals surface area contributed by atoms with Crippen molar-refractivity contribution in [2.45, 2.75) is 26.1 Å². The average Bonchev–Trinajstić information content (AvgIpc) is 2.62. The molecular formula is C7H12O2. The fourth-order valence-corrected chi connectivity index (χ4v) is 1.16. The standard InChI is InChI=1S/C7H12O2/c1-7(2,5-3-8-5)6-4-9-6/h5-6H,3-4H2,1-2H3. The van der Waals surface area contributed by atoms with Gasteiger partial charge in [0, 0.05) is 5.41 Å². The molecule has 0 aromatic heterocycles. The molecule has 0 N–H and O–H groups in total. The summed E-state index contributed by atoms with van der Waals surface area (Å²) in [6.07, 6.45) is 0.954. The van der Waals surface area contributed by atoms with Gasteiger partial charge in [0.2, 0.25) is 0 Å². The highest BCUT2D eigenvalue weighted by Gasteiger charge is 2.50. The van der Waals surface area contributed by atoms with Gasteiger partial charge in [0.05, 0.1) is 25.4 Å². The Morgan fingerprint density at radius 1 is 1.11 bits per heavy atom. The Kier molecular flexibility index (Phi) is 0.945. The summed E-state index contributed by atoms with van der Waals surface area (Å²) >= 11 is 0. The molecule has 2 aliphatic heterocycles. The normalized spacial score (nSPS) is 40.7. The van der Waals surface area contributed by atoms with E-state index in [1.807, 2.05) is 0 Å². The molecule has 0 amide bonds. The van der Waals surface area contributed by atoms with Crippen molar-refractivity contribution in [1.29, 1.82) is 0 Å². The molecule has 9 heavy (non-hydrogen) atoms. The van der Waals surface area contributed by atoms with E-state index in [-0.39, 0.29) is 5.41 Å². The summed E-state index contributed by atoms with van der Waals surface area (Å²) in [5.41, 5.74) is 0.278. The summed E-state index contributed by atoms with van der Waals surface area (Å²) in [4.78, 5) is 0. The average molecular weight is 128 g/mol. The third-order valence-electron chi connectivity index (χ3n) is 2.33. The molecule has 0 spiro atoms. The van der Waals surface area contributed by atoms with E-state index in [0.29, 0.717) is 12.2 Å². The van der Waals surface area contributed by atoms with Gasteiger partial charge < -0.3 is 9.47 Å². The van der Waals surface area contributed by atoms with Crippen molar-refractivity contribution in [3.63, 3.8) is 0 Å². The van der Waals surface area contributed by atoms with Crippen LogP contribution in [0.15, 0.2) is 0 Å². The Balaban J connectivity index is 2.01. The van der Waals surface area contributed by atoms with Crippen molar-refractivity contribution < 1.29 is 9.47 Å². The smallest absolute Gasteiger partial charge is 0.0886 e. The number of epoxide rings is 2. The molecule has 2 heteroatoms. The van der Waals surface area contributed by atoms with Gasteiger partial charge >= 0.3 is 0 Å². The van der Waals surface area contributed by atoms with E-state index in [9.17, 15) is 0 Å². The third kappa shape index (κ3) is 0.864. The zero-order valence-electron chi connectivity index (χ0n) is 5.89. The minimum atomic E-state index is 0.278. The Morgan fingerprint density at radius 2 is 1.44 bits per heavy atom. The Hall–Kier alpha value is -0.0800. The summed E-state index contributed by atoms with van der Waals surface area (Å²) < 4.78 is 10.4. The van der Waals surface area contributed by atoms with Crippen LogP contribution < -0.4 is 0 Å². The van der Waals surface area contributed by atoms with Crippen molar-refractivity contribution >= 4 is 0 Å². The highest BCUT2D eigenvalue weighted by Crippen LogP contribution is 2.41.